The monoisotopic (exact) mass is 550 g/mol. The molecule has 0 fully saturated rings. The van der Waals surface area contributed by atoms with Crippen LogP contribution in [0.3, 0.4) is 0 Å². The Morgan fingerprint density at radius 2 is 1.59 bits per heavy atom. The largest absolute Gasteiger partial charge is 0.480 e. The Kier molecular flexibility index (Phi) is 8.74. The van der Waals surface area contributed by atoms with Crippen LogP contribution in [0.25, 0.3) is 11.5 Å². The fraction of sp³-hybridized carbons (Fsp3) is 0.138. The van der Waals surface area contributed by atoms with Crippen molar-refractivity contribution in [2.45, 2.75) is 18.0 Å². The number of carboxylic acid groups (broad SMARTS) is 1. The first-order valence-corrected chi connectivity index (χ1v) is 12.8. The van der Waals surface area contributed by atoms with E-state index in [4.69, 9.17) is 4.42 Å². The zero-order chi connectivity index (χ0) is 27.8. The molecule has 198 valence electrons. The van der Waals surface area contributed by atoms with Gasteiger partial charge >= 0.3 is 12.1 Å². The van der Waals surface area contributed by atoms with Crippen molar-refractivity contribution in [3.05, 3.63) is 113 Å². The lowest BCUT2D eigenvalue weighted by Crippen LogP contribution is -2.43. The Balaban J connectivity index is 1.58. The maximum Gasteiger partial charge on any atom is 0.416 e. The van der Waals surface area contributed by atoms with Gasteiger partial charge in [-0.05, 0) is 47.9 Å². The highest BCUT2D eigenvalue weighted by molar-refractivity contribution is 7.98. The average molecular weight is 551 g/mol. The van der Waals surface area contributed by atoms with Crippen molar-refractivity contribution in [2.75, 3.05) is 5.75 Å². The molecule has 1 unspecified atom stereocenters. The maximum absolute atomic E-state index is 13.1. The summed E-state index contributed by atoms with van der Waals surface area (Å²) in [5.41, 5.74) is 0.703. The number of carbonyl (C=O) groups is 2. The first-order chi connectivity index (χ1) is 18.7. The van der Waals surface area contributed by atoms with Gasteiger partial charge in [-0.3, -0.25) is 4.79 Å². The van der Waals surface area contributed by atoms with E-state index < -0.39 is 29.7 Å². The summed E-state index contributed by atoms with van der Waals surface area (Å²) < 4.78 is 44.6. The quantitative estimate of drug-likeness (QED) is 0.267. The second-order valence-electron chi connectivity index (χ2n) is 8.25. The zero-order valence-corrected chi connectivity index (χ0v) is 21.1. The summed E-state index contributed by atoms with van der Waals surface area (Å²) in [6.07, 6.45) is -4.52. The minimum atomic E-state index is -4.52. The van der Waals surface area contributed by atoms with Crippen LogP contribution in [-0.2, 0) is 16.7 Å². The van der Waals surface area contributed by atoms with Crippen LogP contribution < -0.4 is 5.32 Å². The van der Waals surface area contributed by atoms with E-state index in [1.54, 1.807) is 24.3 Å². The highest BCUT2D eigenvalue weighted by Crippen LogP contribution is 2.31. The number of halogens is 3. The molecular formula is C29H21F3N2O4S. The second-order valence-corrected chi connectivity index (χ2v) is 9.28. The summed E-state index contributed by atoms with van der Waals surface area (Å²) >= 11 is 1.34. The number of amides is 1. The molecule has 0 aliphatic heterocycles. The fourth-order valence-corrected chi connectivity index (χ4v) is 4.41. The normalized spacial score (nSPS) is 11.8. The lowest BCUT2D eigenvalue weighted by Gasteiger charge is -2.13. The van der Waals surface area contributed by atoms with Crippen LogP contribution in [0, 0.1) is 11.8 Å². The standard InChI is InChI=1S/C29H21F3N2O4S/c30-29(31,32)22-14-12-21(13-15-22)27-34-25(24(38-27)16-11-19-7-3-1-4-8-19)26(35)33-23(28(36)37)18-39-17-20-9-5-2-6-10-20/h1-10,12-15,23H,17-18H2,(H,33,35)(H,36,37). The summed E-state index contributed by atoms with van der Waals surface area (Å²) in [6.45, 7) is 0. The summed E-state index contributed by atoms with van der Waals surface area (Å²) in [4.78, 5) is 29.1. The third kappa shape index (κ3) is 7.52. The molecule has 4 rings (SSSR count). The zero-order valence-electron chi connectivity index (χ0n) is 20.2. The topological polar surface area (TPSA) is 92.4 Å². The molecule has 1 amide bonds. The lowest BCUT2D eigenvalue weighted by atomic mass is 10.1. The van der Waals surface area contributed by atoms with Crippen molar-refractivity contribution in [1.29, 1.82) is 0 Å². The third-order valence-corrected chi connectivity index (χ3v) is 6.50. The number of aliphatic carboxylic acids is 1. The Hall–Kier alpha value is -4.49. The number of aromatic nitrogens is 1. The number of nitrogens with one attached hydrogen (secondary N) is 1. The van der Waals surface area contributed by atoms with Gasteiger partial charge in [-0.1, -0.05) is 54.5 Å². The van der Waals surface area contributed by atoms with Gasteiger partial charge in [0.05, 0.1) is 5.56 Å². The second kappa shape index (κ2) is 12.4. The van der Waals surface area contributed by atoms with Gasteiger partial charge in [-0.15, -0.1) is 0 Å². The minimum Gasteiger partial charge on any atom is -0.480 e. The number of alkyl halides is 3. The van der Waals surface area contributed by atoms with Crippen LogP contribution in [0.5, 0.6) is 0 Å². The first-order valence-electron chi connectivity index (χ1n) is 11.6. The van der Waals surface area contributed by atoms with Gasteiger partial charge in [-0.25, -0.2) is 9.78 Å². The van der Waals surface area contributed by atoms with Gasteiger partial charge in [-0.2, -0.15) is 24.9 Å². The highest BCUT2D eigenvalue weighted by Gasteiger charge is 2.30. The molecule has 0 aliphatic carbocycles. The third-order valence-electron chi connectivity index (χ3n) is 5.40. The summed E-state index contributed by atoms with van der Waals surface area (Å²) in [5, 5.41) is 12.1. The number of hydrogen-bond donors (Lipinski definition) is 2. The van der Waals surface area contributed by atoms with Crippen LogP contribution in [0.4, 0.5) is 13.2 Å². The van der Waals surface area contributed by atoms with Crippen LogP contribution in [0.1, 0.15) is 32.9 Å². The Morgan fingerprint density at radius 1 is 0.949 bits per heavy atom. The predicted octanol–water partition coefficient (Wildman–Crippen LogP) is 5.88. The summed E-state index contributed by atoms with van der Waals surface area (Å²) in [5.74, 6) is 3.88. The molecule has 3 aromatic carbocycles. The van der Waals surface area contributed by atoms with Crippen LogP contribution in [0.15, 0.2) is 89.3 Å². The van der Waals surface area contributed by atoms with E-state index in [9.17, 15) is 27.9 Å². The number of carbonyl (C=O) groups excluding carboxylic acids is 1. The molecule has 0 spiro atoms. The summed E-state index contributed by atoms with van der Waals surface area (Å²) in [6, 6.07) is 21.2. The smallest absolute Gasteiger partial charge is 0.416 e. The van der Waals surface area contributed by atoms with Crippen molar-refractivity contribution in [3.63, 3.8) is 0 Å². The van der Waals surface area contributed by atoms with Crippen molar-refractivity contribution in [2.24, 2.45) is 0 Å². The van der Waals surface area contributed by atoms with E-state index in [2.05, 4.69) is 22.1 Å². The summed E-state index contributed by atoms with van der Waals surface area (Å²) in [7, 11) is 0. The van der Waals surface area contributed by atoms with Gasteiger partial charge in [0.25, 0.3) is 5.91 Å². The molecule has 0 aliphatic rings. The number of benzene rings is 3. The number of thioether (sulfide) groups is 1. The van der Waals surface area contributed by atoms with E-state index in [1.807, 2.05) is 36.4 Å². The van der Waals surface area contributed by atoms with Gasteiger partial charge in [0.1, 0.15) is 6.04 Å². The Morgan fingerprint density at radius 3 is 2.21 bits per heavy atom. The van der Waals surface area contributed by atoms with E-state index in [-0.39, 0.29) is 28.7 Å². The van der Waals surface area contributed by atoms with Gasteiger partial charge in [0.15, 0.2) is 5.69 Å². The van der Waals surface area contributed by atoms with E-state index in [1.165, 1.54) is 23.9 Å². The van der Waals surface area contributed by atoms with Gasteiger partial charge in [0, 0.05) is 22.6 Å². The molecule has 39 heavy (non-hydrogen) atoms. The molecule has 0 bridgehead atoms. The molecule has 4 aromatic rings. The number of rotatable bonds is 8. The van der Waals surface area contributed by atoms with Gasteiger partial charge in [0.2, 0.25) is 11.7 Å². The predicted molar refractivity (Wildman–Crippen MR) is 141 cm³/mol. The molecule has 10 heteroatoms. The first kappa shape index (κ1) is 27.5. The number of nitrogens with zero attached hydrogens (tertiary/aromatic N) is 1. The molecule has 1 heterocycles. The lowest BCUT2D eigenvalue weighted by molar-refractivity contribution is -0.139. The number of hydrogen-bond acceptors (Lipinski definition) is 5. The van der Waals surface area contributed by atoms with Crippen LogP contribution in [0.2, 0.25) is 0 Å². The van der Waals surface area contributed by atoms with Crippen LogP contribution >= 0.6 is 11.8 Å². The van der Waals surface area contributed by atoms with E-state index >= 15 is 0 Å². The van der Waals surface area contributed by atoms with Crippen molar-refractivity contribution >= 4 is 23.6 Å². The number of oxazole rings is 1. The molecule has 1 aromatic heterocycles. The Labute approximate surface area is 226 Å². The molecule has 6 nitrogen and oxygen atoms in total. The SMILES string of the molecule is O=C(NC(CSCc1ccccc1)C(=O)O)c1nc(-c2ccc(C(F)(F)F)cc2)oc1C#Cc1ccccc1. The Bertz CT molecular complexity index is 1490. The van der Waals surface area contributed by atoms with E-state index in [0.717, 1.165) is 17.7 Å². The average Bonchev–Trinajstić information content (AvgIpc) is 3.36. The molecule has 0 saturated heterocycles. The fourth-order valence-electron chi connectivity index (χ4n) is 3.40. The molecule has 0 radical (unpaired) electrons. The molecule has 0 saturated carbocycles. The van der Waals surface area contributed by atoms with E-state index in [0.29, 0.717) is 11.3 Å². The van der Waals surface area contributed by atoms with Gasteiger partial charge < -0.3 is 14.8 Å². The van der Waals surface area contributed by atoms with Crippen molar-refractivity contribution in [1.82, 2.24) is 10.3 Å². The highest BCUT2D eigenvalue weighted by atomic mass is 32.2. The molecule has 2 N–H and O–H groups in total. The maximum atomic E-state index is 13.1. The van der Waals surface area contributed by atoms with Crippen LogP contribution in [-0.4, -0.2) is 33.8 Å². The number of carboxylic acids is 1. The van der Waals surface area contributed by atoms with Crippen molar-refractivity contribution < 1.29 is 32.3 Å². The van der Waals surface area contributed by atoms with Crippen molar-refractivity contribution in [3.8, 4) is 23.3 Å². The molecule has 1 atom stereocenters. The molecular weight excluding hydrogens is 529 g/mol. The minimum absolute atomic E-state index is 0.0879.